The number of aliphatic hydroxyl groups excluding tert-OH is 1. The standard InChI is InChI=1S/C18H17FN2O4/c1-12-10-13(2-7-16(12)19)18-20-17(25-21-18)11-24-15-5-3-14(4-6-15)23-9-8-22/h2-7,10,22H,8-9,11H2,1H3. The second kappa shape index (κ2) is 7.76. The van der Waals surface area contributed by atoms with Gasteiger partial charge in [-0.2, -0.15) is 4.98 Å². The van der Waals surface area contributed by atoms with Crippen LogP contribution in [0, 0.1) is 12.7 Å². The molecule has 0 atom stereocenters. The van der Waals surface area contributed by atoms with E-state index in [0.717, 1.165) is 0 Å². The van der Waals surface area contributed by atoms with Gasteiger partial charge >= 0.3 is 0 Å². The van der Waals surface area contributed by atoms with Crippen LogP contribution in [0.1, 0.15) is 11.5 Å². The van der Waals surface area contributed by atoms with Gasteiger partial charge in [0, 0.05) is 5.56 Å². The van der Waals surface area contributed by atoms with Gasteiger partial charge in [0.15, 0.2) is 6.61 Å². The molecule has 3 aromatic rings. The van der Waals surface area contributed by atoms with Crippen LogP contribution in [0.2, 0.25) is 0 Å². The molecule has 1 heterocycles. The average molecular weight is 344 g/mol. The molecule has 1 N–H and O–H groups in total. The fourth-order valence-corrected chi connectivity index (χ4v) is 2.16. The predicted octanol–water partition coefficient (Wildman–Crippen LogP) is 3.13. The van der Waals surface area contributed by atoms with Crippen LogP contribution in [-0.4, -0.2) is 28.5 Å². The molecule has 7 heteroatoms. The number of halogens is 1. The number of hydrogen-bond donors (Lipinski definition) is 1. The van der Waals surface area contributed by atoms with Crippen LogP contribution in [-0.2, 0) is 6.61 Å². The summed E-state index contributed by atoms with van der Waals surface area (Å²) < 4.78 is 29.3. The van der Waals surface area contributed by atoms with Crippen LogP contribution >= 0.6 is 0 Å². The molecule has 2 aromatic carbocycles. The Bertz CT molecular complexity index is 833. The Morgan fingerprint density at radius 2 is 1.80 bits per heavy atom. The largest absolute Gasteiger partial charge is 0.491 e. The highest BCUT2D eigenvalue weighted by atomic mass is 19.1. The highest BCUT2D eigenvalue weighted by Gasteiger charge is 2.10. The van der Waals surface area contributed by atoms with E-state index in [1.807, 2.05) is 0 Å². The van der Waals surface area contributed by atoms with E-state index < -0.39 is 0 Å². The fraction of sp³-hybridized carbons (Fsp3) is 0.222. The molecule has 130 valence electrons. The van der Waals surface area contributed by atoms with Crippen LogP contribution in [0.4, 0.5) is 4.39 Å². The molecule has 25 heavy (non-hydrogen) atoms. The molecule has 0 saturated heterocycles. The summed E-state index contributed by atoms with van der Waals surface area (Å²) in [6.45, 7) is 2.00. The van der Waals surface area contributed by atoms with Crippen molar-refractivity contribution >= 4 is 0 Å². The normalized spacial score (nSPS) is 10.7. The van der Waals surface area contributed by atoms with Crippen molar-refractivity contribution in [3.63, 3.8) is 0 Å². The first-order valence-electron chi connectivity index (χ1n) is 7.71. The van der Waals surface area contributed by atoms with Gasteiger partial charge in [-0.15, -0.1) is 0 Å². The van der Waals surface area contributed by atoms with Crippen molar-refractivity contribution in [2.45, 2.75) is 13.5 Å². The molecule has 6 nitrogen and oxygen atoms in total. The number of aromatic nitrogens is 2. The Kier molecular flexibility index (Phi) is 5.25. The van der Waals surface area contributed by atoms with E-state index in [1.54, 1.807) is 43.3 Å². The van der Waals surface area contributed by atoms with Gasteiger partial charge in [-0.25, -0.2) is 4.39 Å². The molecule has 0 bridgehead atoms. The number of rotatable bonds is 7. The molecule has 0 aliphatic heterocycles. The van der Waals surface area contributed by atoms with Crippen LogP contribution in [0.15, 0.2) is 47.0 Å². The Morgan fingerprint density at radius 1 is 1.08 bits per heavy atom. The average Bonchev–Trinajstić information content (AvgIpc) is 3.10. The molecule has 3 rings (SSSR count). The number of aliphatic hydroxyl groups is 1. The lowest BCUT2D eigenvalue weighted by molar-refractivity contribution is 0.201. The minimum absolute atomic E-state index is 0.0364. The highest BCUT2D eigenvalue weighted by molar-refractivity contribution is 5.55. The van der Waals surface area contributed by atoms with Crippen molar-refractivity contribution in [1.29, 1.82) is 0 Å². The molecule has 0 aliphatic carbocycles. The van der Waals surface area contributed by atoms with Crippen molar-refractivity contribution < 1.29 is 23.5 Å². The Morgan fingerprint density at radius 3 is 2.48 bits per heavy atom. The summed E-state index contributed by atoms with van der Waals surface area (Å²) in [5.41, 5.74) is 1.20. The topological polar surface area (TPSA) is 77.6 Å². The number of ether oxygens (including phenoxy) is 2. The first-order valence-corrected chi connectivity index (χ1v) is 7.71. The molecular weight excluding hydrogens is 327 g/mol. The van der Waals surface area contributed by atoms with Crippen LogP contribution in [0.5, 0.6) is 11.5 Å². The first kappa shape index (κ1) is 16.9. The van der Waals surface area contributed by atoms with E-state index in [2.05, 4.69) is 10.1 Å². The number of nitrogens with zero attached hydrogens (tertiary/aromatic N) is 2. The molecule has 0 amide bonds. The lowest BCUT2D eigenvalue weighted by atomic mass is 10.1. The van der Waals surface area contributed by atoms with E-state index in [4.69, 9.17) is 19.1 Å². The minimum atomic E-state index is -0.276. The third kappa shape index (κ3) is 4.33. The third-order valence-corrected chi connectivity index (χ3v) is 3.43. The summed E-state index contributed by atoms with van der Waals surface area (Å²) in [5.74, 6) is 1.69. The van der Waals surface area contributed by atoms with Crippen LogP contribution in [0.3, 0.4) is 0 Å². The number of hydrogen-bond acceptors (Lipinski definition) is 6. The Hall–Kier alpha value is -2.93. The van der Waals surface area contributed by atoms with Crippen molar-refractivity contribution in [3.8, 4) is 22.9 Å². The third-order valence-electron chi connectivity index (χ3n) is 3.43. The van der Waals surface area contributed by atoms with Crippen LogP contribution in [0.25, 0.3) is 11.4 Å². The second-order valence-corrected chi connectivity index (χ2v) is 5.31. The summed E-state index contributed by atoms with van der Waals surface area (Å²) in [6, 6.07) is 11.6. The fourth-order valence-electron chi connectivity index (χ4n) is 2.16. The van der Waals surface area contributed by atoms with Gasteiger partial charge in [0.2, 0.25) is 5.82 Å². The van der Waals surface area contributed by atoms with E-state index >= 15 is 0 Å². The van der Waals surface area contributed by atoms with E-state index in [9.17, 15) is 4.39 Å². The lowest BCUT2D eigenvalue weighted by Crippen LogP contribution is -2.01. The molecule has 0 saturated carbocycles. The molecule has 0 radical (unpaired) electrons. The summed E-state index contributed by atoms with van der Waals surface area (Å²) >= 11 is 0. The van der Waals surface area contributed by atoms with Crippen molar-refractivity contribution in [2.75, 3.05) is 13.2 Å². The molecule has 0 fully saturated rings. The Labute approximate surface area is 143 Å². The SMILES string of the molecule is Cc1cc(-c2noc(COc3ccc(OCCO)cc3)n2)ccc1F. The van der Waals surface area contributed by atoms with Crippen molar-refractivity contribution in [2.24, 2.45) is 0 Å². The molecule has 0 spiro atoms. The van der Waals surface area contributed by atoms with Gasteiger partial charge in [0.05, 0.1) is 6.61 Å². The maximum absolute atomic E-state index is 13.3. The van der Waals surface area contributed by atoms with Crippen molar-refractivity contribution in [3.05, 3.63) is 59.7 Å². The number of aryl methyl sites for hydroxylation is 1. The Balaban J connectivity index is 1.60. The van der Waals surface area contributed by atoms with Gasteiger partial charge < -0.3 is 19.1 Å². The molecule has 0 unspecified atom stereocenters. The van der Waals surface area contributed by atoms with Gasteiger partial charge in [-0.1, -0.05) is 5.16 Å². The summed E-state index contributed by atoms with van der Waals surface area (Å²) in [7, 11) is 0. The monoisotopic (exact) mass is 344 g/mol. The van der Waals surface area contributed by atoms with Crippen LogP contribution < -0.4 is 9.47 Å². The van der Waals surface area contributed by atoms with E-state index in [-0.39, 0.29) is 25.6 Å². The van der Waals surface area contributed by atoms with Gasteiger partial charge in [0.25, 0.3) is 5.89 Å². The zero-order chi connectivity index (χ0) is 17.6. The predicted molar refractivity (Wildman–Crippen MR) is 87.8 cm³/mol. The lowest BCUT2D eigenvalue weighted by Gasteiger charge is -2.06. The minimum Gasteiger partial charge on any atom is -0.491 e. The smallest absolute Gasteiger partial charge is 0.264 e. The van der Waals surface area contributed by atoms with Gasteiger partial charge in [-0.05, 0) is 55.0 Å². The maximum atomic E-state index is 13.3. The quantitative estimate of drug-likeness (QED) is 0.709. The summed E-state index contributed by atoms with van der Waals surface area (Å²) in [4.78, 5) is 4.25. The molecular formula is C18H17FN2O4. The zero-order valence-electron chi connectivity index (χ0n) is 13.6. The summed E-state index contributed by atoms with van der Waals surface area (Å²) in [5, 5.41) is 12.6. The van der Waals surface area contributed by atoms with Crippen molar-refractivity contribution in [1.82, 2.24) is 10.1 Å². The van der Waals surface area contributed by atoms with Gasteiger partial charge in [-0.3, -0.25) is 0 Å². The number of benzene rings is 2. The first-order chi connectivity index (χ1) is 12.2. The highest BCUT2D eigenvalue weighted by Crippen LogP contribution is 2.21. The molecule has 1 aromatic heterocycles. The maximum Gasteiger partial charge on any atom is 0.264 e. The van der Waals surface area contributed by atoms with E-state index in [1.165, 1.54) is 6.07 Å². The molecule has 0 aliphatic rings. The zero-order valence-corrected chi connectivity index (χ0v) is 13.6. The van der Waals surface area contributed by atoms with Gasteiger partial charge in [0.1, 0.15) is 23.9 Å². The second-order valence-electron chi connectivity index (χ2n) is 5.31. The summed E-state index contributed by atoms with van der Waals surface area (Å²) in [6.07, 6.45) is 0. The van der Waals surface area contributed by atoms with E-state index in [0.29, 0.717) is 34.3 Å².